The maximum atomic E-state index is 12.5. The number of anilines is 1. The number of halogens is 3. The number of fused-ring (bicyclic) bond motifs is 1. The molecule has 1 atom stereocenters. The highest BCUT2D eigenvalue weighted by Gasteiger charge is 2.35. The lowest BCUT2D eigenvalue weighted by Gasteiger charge is -2.35. The Morgan fingerprint density at radius 3 is 2.50 bits per heavy atom. The van der Waals surface area contributed by atoms with E-state index in [9.17, 15) is 33.1 Å². The van der Waals surface area contributed by atoms with Crippen LogP contribution >= 0.6 is 0 Å². The van der Waals surface area contributed by atoms with Crippen molar-refractivity contribution in [3.8, 4) is 0 Å². The number of nitrogens with zero attached hydrogens (tertiary/aromatic N) is 4. The van der Waals surface area contributed by atoms with Gasteiger partial charge in [-0.15, -0.1) is 0 Å². The number of aliphatic hydroxyl groups excluding tert-OH is 1. The summed E-state index contributed by atoms with van der Waals surface area (Å²) in [6.07, 6.45) is -4.22. The molecule has 11 nitrogen and oxygen atoms in total. The van der Waals surface area contributed by atoms with Crippen LogP contribution < -0.4 is 10.6 Å². The number of likely N-dealkylation sites (tertiary alicyclic amines) is 1. The van der Waals surface area contributed by atoms with Gasteiger partial charge in [0.2, 0.25) is 5.91 Å². The van der Waals surface area contributed by atoms with Gasteiger partial charge in [0.15, 0.2) is 5.84 Å². The molecule has 2 amide bonds. The van der Waals surface area contributed by atoms with Crippen LogP contribution in [0.4, 0.5) is 23.8 Å². The van der Waals surface area contributed by atoms with Crippen molar-refractivity contribution in [2.24, 2.45) is 11.1 Å². The van der Waals surface area contributed by atoms with E-state index in [0.29, 0.717) is 31.6 Å². The van der Waals surface area contributed by atoms with Gasteiger partial charge in [-0.25, -0.2) is 9.48 Å². The predicted octanol–water partition coefficient (Wildman–Crippen LogP) is 2.32. The van der Waals surface area contributed by atoms with E-state index in [0.717, 1.165) is 0 Å². The first kappa shape index (κ1) is 25.3. The molecule has 2 aliphatic rings. The highest BCUT2D eigenvalue weighted by Crippen LogP contribution is 2.34. The number of hydrogen-bond acceptors (Lipinski definition) is 8. The molecule has 0 radical (unpaired) electrons. The van der Waals surface area contributed by atoms with E-state index < -0.39 is 42.3 Å². The van der Waals surface area contributed by atoms with E-state index in [1.54, 1.807) is 25.7 Å². The zero-order valence-corrected chi connectivity index (χ0v) is 18.9. The molecular weight excluding hydrogens is 461 g/mol. The van der Waals surface area contributed by atoms with Crippen molar-refractivity contribution in [3.05, 3.63) is 17.8 Å². The lowest BCUT2D eigenvalue weighted by molar-refractivity contribution is -0.152. The molecule has 2 aliphatic heterocycles. The molecule has 0 bridgehead atoms. The third kappa shape index (κ3) is 6.18. The molecule has 1 aromatic heterocycles. The number of aliphatic hydroxyl groups is 1. The van der Waals surface area contributed by atoms with Crippen LogP contribution in [0.5, 0.6) is 0 Å². The number of nitrogens with one attached hydrogen (secondary N) is 2. The highest BCUT2D eigenvalue weighted by atomic mass is 19.4. The standard InChI is InChI=1S/C20H27F3N6O5/c1-19(2,3)34-18(32)28-6-4-11(5-7-28)13-8-14(30)26-17-12(10-24-29(13)17)16(27-33)25-15(31)9-20(21,22)23/h8,10-11,14,26,30,33H,4-7,9H2,1-3H3,(H,25,27,31). The first-order valence-electron chi connectivity index (χ1n) is 10.6. The molecule has 3 heterocycles. The second kappa shape index (κ2) is 9.52. The molecule has 3 rings (SSSR count). The minimum Gasteiger partial charge on any atom is -0.444 e. The van der Waals surface area contributed by atoms with Gasteiger partial charge in [-0.05, 0) is 39.7 Å². The molecule has 0 aromatic carbocycles. The number of rotatable bonds is 3. The average molecular weight is 488 g/mol. The molecule has 188 valence electrons. The van der Waals surface area contributed by atoms with Crippen molar-refractivity contribution in [2.45, 2.75) is 58.0 Å². The molecule has 1 saturated heterocycles. The van der Waals surface area contributed by atoms with Gasteiger partial charge >= 0.3 is 12.3 Å². The van der Waals surface area contributed by atoms with Crippen LogP contribution in [0.1, 0.15) is 45.6 Å². The molecule has 1 aromatic rings. The van der Waals surface area contributed by atoms with Crippen LogP contribution in [0.15, 0.2) is 17.4 Å². The lowest BCUT2D eigenvalue weighted by atomic mass is 9.92. The third-order valence-electron chi connectivity index (χ3n) is 5.17. The quantitative estimate of drug-likeness (QED) is 0.221. The number of carbonyl (C=O) groups excluding carboxylic acids is 2. The summed E-state index contributed by atoms with van der Waals surface area (Å²) in [6.45, 7) is 6.18. The van der Waals surface area contributed by atoms with Crippen LogP contribution in [0.2, 0.25) is 0 Å². The van der Waals surface area contributed by atoms with E-state index in [1.165, 1.54) is 17.0 Å². The van der Waals surface area contributed by atoms with Crippen LogP contribution in [-0.2, 0) is 9.53 Å². The van der Waals surface area contributed by atoms with Gasteiger partial charge in [-0.1, -0.05) is 5.16 Å². The summed E-state index contributed by atoms with van der Waals surface area (Å²) in [5.74, 6) is -1.92. The molecule has 0 spiro atoms. The second-order valence-corrected chi connectivity index (χ2v) is 9.03. The number of piperidine rings is 1. The predicted molar refractivity (Wildman–Crippen MR) is 114 cm³/mol. The maximum absolute atomic E-state index is 12.5. The molecule has 0 saturated carbocycles. The molecular formula is C20H27F3N6O5. The molecule has 4 N–H and O–H groups in total. The number of aromatic nitrogens is 2. The van der Waals surface area contributed by atoms with Gasteiger partial charge in [0.05, 0.1) is 11.8 Å². The average Bonchev–Trinajstić information content (AvgIpc) is 3.12. The Morgan fingerprint density at radius 2 is 1.94 bits per heavy atom. The third-order valence-corrected chi connectivity index (χ3v) is 5.17. The van der Waals surface area contributed by atoms with Crippen LogP contribution in [-0.4, -0.2) is 73.9 Å². The first-order chi connectivity index (χ1) is 15.8. The van der Waals surface area contributed by atoms with E-state index in [1.807, 2.05) is 5.32 Å². The van der Waals surface area contributed by atoms with E-state index in [-0.39, 0.29) is 17.3 Å². The fourth-order valence-corrected chi connectivity index (χ4v) is 3.77. The van der Waals surface area contributed by atoms with E-state index in [4.69, 9.17) is 4.74 Å². The Kier molecular flexibility index (Phi) is 7.10. The van der Waals surface area contributed by atoms with Crippen LogP contribution in [0.25, 0.3) is 5.70 Å². The first-order valence-corrected chi connectivity index (χ1v) is 10.6. The Labute approximate surface area is 193 Å². The van der Waals surface area contributed by atoms with Crippen LogP contribution in [0, 0.1) is 5.92 Å². The Bertz CT molecular complexity index is 990. The normalized spacial score (nSPS) is 19.7. The Morgan fingerprint density at radius 1 is 1.29 bits per heavy atom. The number of amides is 2. The summed E-state index contributed by atoms with van der Waals surface area (Å²) in [6, 6.07) is 0. The molecule has 14 heteroatoms. The van der Waals surface area contributed by atoms with Crippen molar-refractivity contribution in [1.29, 1.82) is 0 Å². The largest absolute Gasteiger partial charge is 0.444 e. The number of hydrogen-bond donors (Lipinski definition) is 4. The zero-order valence-electron chi connectivity index (χ0n) is 18.9. The lowest BCUT2D eigenvalue weighted by Crippen LogP contribution is -2.42. The second-order valence-electron chi connectivity index (χ2n) is 9.03. The smallest absolute Gasteiger partial charge is 0.410 e. The summed E-state index contributed by atoms with van der Waals surface area (Å²) in [7, 11) is 0. The number of oxime groups is 1. The fourth-order valence-electron chi connectivity index (χ4n) is 3.77. The van der Waals surface area contributed by atoms with E-state index in [2.05, 4.69) is 15.6 Å². The molecule has 1 fully saturated rings. The molecule has 1 unspecified atom stereocenters. The number of ether oxygens (including phenoxy) is 1. The summed E-state index contributed by atoms with van der Waals surface area (Å²) in [5, 5.41) is 31.3. The van der Waals surface area contributed by atoms with Gasteiger partial charge in [0.1, 0.15) is 24.1 Å². The van der Waals surface area contributed by atoms with Crippen molar-refractivity contribution in [3.63, 3.8) is 0 Å². The van der Waals surface area contributed by atoms with Gasteiger partial charge in [-0.3, -0.25) is 4.79 Å². The Hall–Kier alpha value is -3.29. The molecule has 0 aliphatic carbocycles. The van der Waals surface area contributed by atoms with Crippen molar-refractivity contribution >= 4 is 29.4 Å². The summed E-state index contributed by atoms with van der Waals surface area (Å²) in [4.78, 5) is 25.6. The van der Waals surface area contributed by atoms with Gasteiger partial charge < -0.3 is 30.6 Å². The number of allylic oxidation sites excluding steroid dienone is 1. The van der Waals surface area contributed by atoms with Gasteiger partial charge in [-0.2, -0.15) is 18.3 Å². The monoisotopic (exact) mass is 488 g/mol. The van der Waals surface area contributed by atoms with Crippen molar-refractivity contribution < 1.29 is 37.8 Å². The zero-order chi connectivity index (χ0) is 25.3. The summed E-state index contributed by atoms with van der Waals surface area (Å²) < 4.78 is 44.3. The highest BCUT2D eigenvalue weighted by molar-refractivity contribution is 6.10. The van der Waals surface area contributed by atoms with Crippen molar-refractivity contribution in [2.75, 3.05) is 18.4 Å². The van der Waals surface area contributed by atoms with Gasteiger partial charge in [0, 0.05) is 24.7 Å². The number of amidine groups is 1. The minimum atomic E-state index is -4.73. The fraction of sp³-hybridized carbons (Fsp3) is 0.600. The SMILES string of the molecule is CC(C)(C)OC(=O)N1CCC(C2=CC(O)Nc3c(/C(=N\O)NC(=O)CC(F)(F)F)cnn32)CC1. The maximum Gasteiger partial charge on any atom is 0.410 e. The van der Waals surface area contributed by atoms with Crippen molar-refractivity contribution in [1.82, 2.24) is 20.0 Å². The summed E-state index contributed by atoms with van der Waals surface area (Å²) in [5.41, 5.74) is -0.0126. The Balaban J connectivity index is 1.74. The van der Waals surface area contributed by atoms with Crippen LogP contribution in [0.3, 0.4) is 0 Å². The van der Waals surface area contributed by atoms with Gasteiger partial charge in [0.25, 0.3) is 0 Å². The summed E-state index contributed by atoms with van der Waals surface area (Å²) >= 11 is 0. The number of carbonyl (C=O) groups is 2. The molecule has 34 heavy (non-hydrogen) atoms. The number of alkyl halides is 3. The topological polar surface area (TPSA) is 141 Å². The van der Waals surface area contributed by atoms with E-state index >= 15 is 0 Å². The minimum absolute atomic E-state index is 0.00568.